The molecule has 1 saturated heterocycles. The Morgan fingerprint density at radius 1 is 1.42 bits per heavy atom. The Morgan fingerprint density at radius 2 is 2.16 bits per heavy atom. The largest absolute Gasteiger partial charge is 0.478 e. The number of carbonyl (C=O) groups is 1. The second-order valence-corrected chi connectivity index (χ2v) is 4.53. The molecule has 1 heterocycles. The maximum Gasteiger partial charge on any atom is 0.335 e. The molecule has 1 aromatic carbocycles. The average Bonchev–Trinajstić information content (AvgIpc) is 2.41. The Hall–Kier alpha value is -1.83. The smallest absolute Gasteiger partial charge is 0.335 e. The molecule has 19 heavy (non-hydrogen) atoms. The van der Waals surface area contributed by atoms with Crippen molar-refractivity contribution in [2.24, 2.45) is 0 Å². The number of ether oxygens (including phenoxy) is 1. The minimum atomic E-state index is -0.908. The van der Waals surface area contributed by atoms with E-state index in [1.807, 2.05) is 6.07 Å². The monoisotopic (exact) mass is 259 g/mol. The molecule has 1 aliphatic heterocycles. The normalized spacial score (nSPS) is 15.6. The lowest BCUT2D eigenvalue weighted by Crippen LogP contribution is -2.36. The van der Waals surface area contributed by atoms with E-state index in [2.05, 4.69) is 16.7 Å². The first kappa shape index (κ1) is 13.6. The SMILES string of the molecule is Cc1ccc(C#CCN2CCOCC2)cc1C(=O)O. The molecule has 1 aliphatic rings. The van der Waals surface area contributed by atoms with Crippen LogP contribution in [0.15, 0.2) is 18.2 Å². The van der Waals surface area contributed by atoms with Crippen LogP contribution in [0, 0.1) is 18.8 Å². The minimum absolute atomic E-state index is 0.318. The maximum absolute atomic E-state index is 11.0. The molecule has 0 unspecified atom stereocenters. The first-order chi connectivity index (χ1) is 9.16. The summed E-state index contributed by atoms with van der Waals surface area (Å²) < 4.78 is 5.26. The zero-order chi connectivity index (χ0) is 13.7. The number of hydrogen-bond donors (Lipinski definition) is 1. The van der Waals surface area contributed by atoms with E-state index in [0.717, 1.165) is 37.4 Å². The van der Waals surface area contributed by atoms with Crippen LogP contribution in [0.25, 0.3) is 0 Å². The van der Waals surface area contributed by atoms with Gasteiger partial charge in [-0.15, -0.1) is 0 Å². The summed E-state index contributed by atoms with van der Waals surface area (Å²) in [6.45, 7) is 5.81. The van der Waals surface area contributed by atoms with E-state index in [4.69, 9.17) is 9.84 Å². The van der Waals surface area contributed by atoms with Gasteiger partial charge in [0.25, 0.3) is 0 Å². The topological polar surface area (TPSA) is 49.8 Å². The molecule has 100 valence electrons. The molecule has 0 radical (unpaired) electrons. The predicted octanol–water partition coefficient (Wildman–Crippen LogP) is 1.38. The first-order valence-electron chi connectivity index (χ1n) is 6.30. The lowest BCUT2D eigenvalue weighted by Gasteiger charge is -2.24. The van der Waals surface area contributed by atoms with E-state index < -0.39 is 5.97 Å². The lowest BCUT2D eigenvalue weighted by atomic mass is 10.1. The van der Waals surface area contributed by atoms with Crippen LogP contribution in [0.1, 0.15) is 21.5 Å². The van der Waals surface area contributed by atoms with E-state index in [1.165, 1.54) is 0 Å². The molecule has 0 aliphatic carbocycles. The highest BCUT2D eigenvalue weighted by Crippen LogP contribution is 2.10. The summed E-state index contributed by atoms with van der Waals surface area (Å²) in [5.74, 6) is 5.20. The standard InChI is InChI=1S/C15H17NO3/c1-12-4-5-13(11-14(12)15(17)18)3-2-6-16-7-9-19-10-8-16/h4-5,11H,6-10H2,1H3,(H,17,18). The lowest BCUT2D eigenvalue weighted by molar-refractivity contribution is 0.0443. The Kier molecular flexibility index (Phi) is 4.56. The zero-order valence-corrected chi connectivity index (χ0v) is 11.0. The van der Waals surface area contributed by atoms with Crippen LogP contribution in [0.2, 0.25) is 0 Å². The number of rotatable bonds is 2. The number of aromatic carboxylic acids is 1. The van der Waals surface area contributed by atoms with Gasteiger partial charge in [-0.2, -0.15) is 0 Å². The summed E-state index contributed by atoms with van der Waals surface area (Å²) in [6.07, 6.45) is 0. The van der Waals surface area contributed by atoms with Crippen molar-refractivity contribution >= 4 is 5.97 Å². The number of carboxylic acid groups (broad SMARTS) is 1. The van der Waals surface area contributed by atoms with Crippen molar-refractivity contribution < 1.29 is 14.6 Å². The Labute approximate surface area is 113 Å². The first-order valence-corrected chi connectivity index (χ1v) is 6.30. The van der Waals surface area contributed by atoms with Gasteiger partial charge in [-0.1, -0.05) is 17.9 Å². The van der Waals surface area contributed by atoms with Gasteiger partial charge >= 0.3 is 5.97 Å². The third-order valence-electron chi connectivity index (χ3n) is 3.11. The summed E-state index contributed by atoms with van der Waals surface area (Å²) in [6, 6.07) is 5.28. The van der Waals surface area contributed by atoms with E-state index in [0.29, 0.717) is 12.1 Å². The van der Waals surface area contributed by atoms with Crippen LogP contribution >= 0.6 is 0 Å². The van der Waals surface area contributed by atoms with Crippen LogP contribution in [0.5, 0.6) is 0 Å². The average molecular weight is 259 g/mol. The number of morpholine rings is 1. The predicted molar refractivity (Wildman–Crippen MR) is 72.3 cm³/mol. The Balaban J connectivity index is 2.03. The fraction of sp³-hybridized carbons (Fsp3) is 0.400. The quantitative estimate of drug-likeness (QED) is 0.815. The van der Waals surface area contributed by atoms with E-state index >= 15 is 0 Å². The van der Waals surface area contributed by atoms with Gasteiger partial charge in [-0.3, -0.25) is 4.90 Å². The Morgan fingerprint density at radius 3 is 2.84 bits per heavy atom. The van der Waals surface area contributed by atoms with Gasteiger partial charge in [0.2, 0.25) is 0 Å². The van der Waals surface area contributed by atoms with Crippen LogP contribution in [0.4, 0.5) is 0 Å². The highest BCUT2D eigenvalue weighted by molar-refractivity contribution is 5.89. The third-order valence-corrected chi connectivity index (χ3v) is 3.11. The van der Waals surface area contributed by atoms with Gasteiger partial charge < -0.3 is 9.84 Å². The van der Waals surface area contributed by atoms with Crippen molar-refractivity contribution in [1.29, 1.82) is 0 Å². The summed E-state index contributed by atoms with van der Waals surface area (Å²) in [7, 11) is 0. The van der Waals surface area contributed by atoms with Gasteiger partial charge in [-0.25, -0.2) is 4.79 Å². The van der Waals surface area contributed by atoms with Crippen LogP contribution < -0.4 is 0 Å². The Bertz CT molecular complexity index is 522. The molecular weight excluding hydrogens is 242 g/mol. The number of hydrogen-bond acceptors (Lipinski definition) is 3. The van der Waals surface area contributed by atoms with Gasteiger partial charge in [0.1, 0.15) is 0 Å². The third kappa shape index (κ3) is 3.82. The van der Waals surface area contributed by atoms with Crippen LogP contribution in [0.3, 0.4) is 0 Å². The highest BCUT2D eigenvalue weighted by Gasteiger charge is 2.08. The zero-order valence-electron chi connectivity index (χ0n) is 11.0. The number of benzene rings is 1. The highest BCUT2D eigenvalue weighted by atomic mass is 16.5. The van der Waals surface area contributed by atoms with E-state index in [9.17, 15) is 4.79 Å². The summed E-state index contributed by atoms with van der Waals surface area (Å²) >= 11 is 0. The molecule has 0 aromatic heterocycles. The molecule has 1 fully saturated rings. The van der Waals surface area contributed by atoms with E-state index in [-0.39, 0.29) is 0 Å². The van der Waals surface area contributed by atoms with Gasteiger partial charge in [0.05, 0.1) is 25.3 Å². The van der Waals surface area contributed by atoms with Crippen molar-refractivity contribution in [3.8, 4) is 11.8 Å². The second kappa shape index (κ2) is 6.37. The molecule has 0 amide bonds. The van der Waals surface area contributed by atoms with Crippen molar-refractivity contribution in [3.63, 3.8) is 0 Å². The molecule has 2 rings (SSSR count). The molecule has 1 aromatic rings. The fourth-order valence-corrected chi connectivity index (χ4v) is 1.94. The molecule has 0 atom stereocenters. The van der Waals surface area contributed by atoms with Crippen molar-refractivity contribution in [2.75, 3.05) is 32.8 Å². The molecule has 0 saturated carbocycles. The van der Waals surface area contributed by atoms with Gasteiger partial charge in [-0.05, 0) is 24.6 Å². The summed E-state index contributed by atoms with van der Waals surface area (Å²) in [4.78, 5) is 13.2. The van der Waals surface area contributed by atoms with Gasteiger partial charge in [0.15, 0.2) is 0 Å². The molecule has 4 nitrogen and oxygen atoms in total. The maximum atomic E-state index is 11.0. The van der Waals surface area contributed by atoms with Gasteiger partial charge in [0, 0.05) is 18.7 Å². The van der Waals surface area contributed by atoms with E-state index in [1.54, 1.807) is 19.1 Å². The number of nitrogens with zero attached hydrogens (tertiary/aromatic N) is 1. The minimum Gasteiger partial charge on any atom is -0.478 e. The van der Waals surface area contributed by atoms with Crippen molar-refractivity contribution in [1.82, 2.24) is 4.90 Å². The molecule has 4 heteroatoms. The molecule has 0 spiro atoms. The summed E-state index contributed by atoms with van der Waals surface area (Å²) in [5.41, 5.74) is 1.82. The van der Waals surface area contributed by atoms with Crippen LogP contribution in [-0.2, 0) is 4.74 Å². The number of aryl methyl sites for hydroxylation is 1. The van der Waals surface area contributed by atoms with Crippen molar-refractivity contribution in [3.05, 3.63) is 34.9 Å². The second-order valence-electron chi connectivity index (χ2n) is 4.53. The molecule has 0 bridgehead atoms. The van der Waals surface area contributed by atoms with Crippen molar-refractivity contribution in [2.45, 2.75) is 6.92 Å². The fourth-order valence-electron chi connectivity index (χ4n) is 1.94. The summed E-state index contributed by atoms with van der Waals surface area (Å²) in [5, 5.41) is 9.05. The number of carboxylic acids is 1. The molecule has 1 N–H and O–H groups in total. The van der Waals surface area contributed by atoms with Crippen LogP contribution in [-0.4, -0.2) is 48.8 Å². The molecular formula is C15H17NO3.